The van der Waals surface area contributed by atoms with Gasteiger partial charge in [-0.25, -0.2) is 0 Å². The molecule has 0 aliphatic carbocycles. The van der Waals surface area contributed by atoms with Gasteiger partial charge in [0.1, 0.15) is 0 Å². The largest absolute Gasteiger partial charge is 0.294 e. The van der Waals surface area contributed by atoms with Crippen molar-refractivity contribution >= 4 is 28.4 Å². The van der Waals surface area contributed by atoms with Crippen molar-refractivity contribution < 1.29 is 4.79 Å². The summed E-state index contributed by atoms with van der Waals surface area (Å²) in [5.41, 5.74) is 1.56. The number of carbonyl (C=O) groups is 1. The van der Waals surface area contributed by atoms with E-state index in [9.17, 15) is 4.79 Å². The highest BCUT2D eigenvalue weighted by molar-refractivity contribution is 7.98. The number of carbonyl (C=O) groups excluding carboxylic acids is 1. The van der Waals surface area contributed by atoms with E-state index in [1.807, 2.05) is 36.6 Å². The summed E-state index contributed by atoms with van der Waals surface area (Å²) in [5.74, 6) is 1.04. The van der Waals surface area contributed by atoms with Crippen molar-refractivity contribution in [2.45, 2.75) is 6.42 Å². The average Bonchev–Trinajstić information content (AvgIpc) is 2.35. The van der Waals surface area contributed by atoms with E-state index >= 15 is 0 Å². The van der Waals surface area contributed by atoms with E-state index in [1.165, 1.54) is 0 Å². The van der Waals surface area contributed by atoms with Crippen LogP contribution in [-0.2, 0) is 0 Å². The summed E-state index contributed by atoms with van der Waals surface area (Å²) in [6, 6.07) is 9.62. The van der Waals surface area contributed by atoms with Gasteiger partial charge in [0.15, 0.2) is 5.78 Å². The van der Waals surface area contributed by atoms with Crippen LogP contribution >= 0.6 is 11.8 Å². The van der Waals surface area contributed by atoms with Gasteiger partial charge in [-0.3, -0.25) is 9.78 Å². The number of pyridine rings is 1. The highest BCUT2D eigenvalue weighted by atomic mass is 32.2. The zero-order valence-electron chi connectivity index (χ0n) is 9.14. The van der Waals surface area contributed by atoms with Gasteiger partial charge in [0.2, 0.25) is 0 Å². The van der Waals surface area contributed by atoms with Crippen molar-refractivity contribution in [3.05, 3.63) is 42.1 Å². The molecule has 1 heterocycles. The van der Waals surface area contributed by atoms with Crippen LogP contribution in [0.3, 0.4) is 0 Å². The Labute approximate surface area is 99.1 Å². The van der Waals surface area contributed by atoms with Gasteiger partial charge >= 0.3 is 0 Å². The predicted molar refractivity (Wildman–Crippen MR) is 69.1 cm³/mol. The average molecular weight is 231 g/mol. The molecule has 2 nitrogen and oxygen atoms in total. The highest BCUT2D eigenvalue weighted by Crippen LogP contribution is 2.17. The summed E-state index contributed by atoms with van der Waals surface area (Å²) in [5, 5.41) is 1.03. The van der Waals surface area contributed by atoms with Gasteiger partial charge in [-0.2, -0.15) is 11.8 Å². The Balaban J connectivity index is 2.40. The SMILES string of the molecule is CSCCC(=O)c1cccc2cccnc12. The third kappa shape index (κ3) is 2.25. The molecule has 0 bridgehead atoms. The minimum absolute atomic E-state index is 0.179. The van der Waals surface area contributed by atoms with Crippen LogP contribution in [0.25, 0.3) is 10.9 Å². The Kier molecular flexibility index (Phi) is 3.57. The summed E-state index contributed by atoms with van der Waals surface area (Å²) < 4.78 is 0. The van der Waals surface area contributed by atoms with Crippen LogP contribution in [0.15, 0.2) is 36.5 Å². The maximum Gasteiger partial charge on any atom is 0.165 e. The first-order valence-corrected chi connectivity index (χ1v) is 6.58. The molecule has 0 atom stereocenters. The second-order valence-electron chi connectivity index (χ2n) is 3.55. The quantitative estimate of drug-likeness (QED) is 0.757. The lowest BCUT2D eigenvalue weighted by Crippen LogP contribution is -2.02. The van der Waals surface area contributed by atoms with Crippen LogP contribution < -0.4 is 0 Å². The van der Waals surface area contributed by atoms with Crippen LogP contribution in [0.1, 0.15) is 16.8 Å². The molecule has 2 aromatic rings. The zero-order chi connectivity index (χ0) is 11.4. The lowest BCUT2D eigenvalue weighted by Gasteiger charge is -2.03. The minimum atomic E-state index is 0.179. The second-order valence-corrected chi connectivity index (χ2v) is 4.53. The summed E-state index contributed by atoms with van der Waals surface area (Å²) in [4.78, 5) is 16.2. The van der Waals surface area contributed by atoms with Crippen molar-refractivity contribution in [1.29, 1.82) is 0 Å². The van der Waals surface area contributed by atoms with E-state index in [1.54, 1.807) is 18.0 Å². The third-order valence-electron chi connectivity index (χ3n) is 2.47. The molecule has 0 aliphatic rings. The Hall–Kier alpha value is -1.35. The number of fused-ring (bicyclic) bond motifs is 1. The fraction of sp³-hybridized carbons (Fsp3) is 0.231. The maximum atomic E-state index is 12.0. The van der Waals surface area contributed by atoms with Gasteiger partial charge in [-0.05, 0) is 18.4 Å². The number of Topliss-reactive ketones (excluding diaryl/α,β-unsaturated/α-hetero) is 1. The number of nitrogens with zero attached hydrogens (tertiary/aromatic N) is 1. The van der Waals surface area contributed by atoms with E-state index in [4.69, 9.17) is 0 Å². The maximum absolute atomic E-state index is 12.0. The Morgan fingerprint density at radius 1 is 1.31 bits per heavy atom. The van der Waals surface area contributed by atoms with E-state index in [2.05, 4.69) is 4.98 Å². The molecule has 0 unspecified atom stereocenters. The molecular weight excluding hydrogens is 218 g/mol. The van der Waals surface area contributed by atoms with Crippen LogP contribution in [0.4, 0.5) is 0 Å². The van der Waals surface area contributed by atoms with Gasteiger partial charge in [0.05, 0.1) is 5.52 Å². The highest BCUT2D eigenvalue weighted by Gasteiger charge is 2.09. The predicted octanol–water partition coefficient (Wildman–Crippen LogP) is 3.17. The van der Waals surface area contributed by atoms with Crippen LogP contribution in [0.5, 0.6) is 0 Å². The first kappa shape index (κ1) is 11.1. The first-order valence-electron chi connectivity index (χ1n) is 5.19. The molecule has 0 N–H and O–H groups in total. The standard InChI is InChI=1S/C13H13NOS/c1-16-9-7-12(15)11-6-2-4-10-5-3-8-14-13(10)11/h2-6,8H,7,9H2,1H3. The normalized spacial score (nSPS) is 10.6. The molecule has 0 saturated carbocycles. The smallest absolute Gasteiger partial charge is 0.165 e. The van der Waals surface area contributed by atoms with E-state index in [0.29, 0.717) is 6.42 Å². The summed E-state index contributed by atoms with van der Waals surface area (Å²) in [6.45, 7) is 0. The number of aromatic nitrogens is 1. The van der Waals surface area contributed by atoms with E-state index in [0.717, 1.165) is 22.2 Å². The number of hydrogen-bond acceptors (Lipinski definition) is 3. The minimum Gasteiger partial charge on any atom is -0.294 e. The molecule has 3 heteroatoms. The molecule has 0 aliphatic heterocycles. The van der Waals surface area contributed by atoms with Crippen LogP contribution in [0.2, 0.25) is 0 Å². The van der Waals surface area contributed by atoms with Gasteiger partial charge in [-0.15, -0.1) is 0 Å². The van der Waals surface area contributed by atoms with Crippen molar-refractivity contribution in [3.63, 3.8) is 0 Å². The number of para-hydroxylation sites is 1. The van der Waals surface area contributed by atoms with E-state index < -0.39 is 0 Å². The molecular formula is C13H13NOS. The lowest BCUT2D eigenvalue weighted by molar-refractivity contribution is 0.0991. The molecule has 16 heavy (non-hydrogen) atoms. The van der Waals surface area contributed by atoms with Crippen molar-refractivity contribution in [2.75, 3.05) is 12.0 Å². The first-order chi connectivity index (χ1) is 7.83. The molecule has 1 aromatic carbocycles. The van der Waals surface area contributed by atoms with Crippen LogP contribution in [0, 0.1) is 0 Å². The number of benzene rings is 1. The molecule has 2 rings (SSSR count). The van der Waals surface area contributed by atoms with Gasteiger partial charge in [0, 0.05) is 29.3 Å². The Bertz CT molecular complexity index is 505. The topological polar surface area (TPSA) is 30.0 Å². The molecule has 0 radical (unpaired) electrons. The molecule has 0 spiro atoms. The van der Waals surface area contributed by atoms with Gasteiger partial charge < -0.3 is 0 Å². The number of ketones is 1. The van der Waals surface area contributed by atoms with Crippen LogP contribution in [-0.4, -0.2) is 22.8 Å². The molecule has 0 fully saturated rings. The summed E-state index contributed by atoms with van der Waals surface area (Å²) in [6.07, 6.45) is 4.32. The molecule has 82 valence electrons. The van der Waals surface area contributed by atoms with Crippen molar-refractivity contribution in [3.8, 4) is 0 Å². The fourth-order valence-electron chi connectivity index (χ4n) is 1.66. The number of rotatable bonds is 4. The second kappa shape index (κ2) is 5.12. The fourth-order valence-corrected chi connectivity index (χ4v) is 2.05. The molecule has 0 amide bonds. The number of hydrogen-bond donors (Lipinski definition) is 0. The van der Waals surface area contributed by atoms with Gasteiger partial charge in [-0.1, -0.05) is 18.2 Å². The van der Waals surface area contributed by atoms with Crippen molar-refractivity contribution in [1.82, 2.24) is 4.98 Å². The molecule has 1 aromatic heterocycles. The van der Waals surface area contributed by atoms with E-state index in [-0.39, 0.29) is 5.78 Å². The zero-order valence-corrected chi connectivity index (χ0v) is 9.96. The number of thioether (sulfide) groups is 1. The summed E-state index contributed by atoms with van der Waals surface area (Å²) in [7, 11) is 0. The van der Waals surface area contributed by atoms with Gasteiger partial charge in [0.25, 0.3) is 0 Å². The van der Waals surface area contributed by atoms with Crippen molar-refractivity contribution in [2.24, 2.45) is 0 Å². The monoisotopic (exact) mass is 231 g/mol. The Morgan fingerprint density at radius 3 is 2.94 bits per heavy atom. The summed E-state index contributed by atoms with van der Waals surface area (Å²) >= 11 is 1.69. The Morgan fingerprint density at radius 2 is 2.12 bits per heavy atom. The molecule has 0 saturated heterocycles. The third-order valence-corrected chi connectivity index (χ3v) is 3.08. The lowest BCUT2D eigenvalue weighted by atomic mass is 10.0.